The molecule has 0 spiro atoms. The first-order valence-corrected chi connectivity index (χ1v) is 12.4. The normalized spacial score (nSPS) is 12.0. The summed E-state index contributed by atoms with van der Waals surface area (Å²) in [5, 5.41) is 17.9. The maximum atomic E-state index is 12.8. The number of aromatic nitrogens is 4. The lowest BCUT2D eigenvalue weighted by Gasteiger charge is -2.16. The van der Waals surface area contributed by atoms with E-state index in [9.17, 15) is 27.9 Å². The van der Waals surface area contributed by atoms with Crippen LogP contribution < -0.4 is 16.0 Å². The highest BCUT2D eigenvalue weighted by atomic mass is 19.4. The maximum Gasteiger partial charge on any atom is 0.451 e. The predicted octanol–water partition coefficient (Wildman–Crippen LogP) is 4.33. The number of carbonyl (C=O) groups excluding carboxylic acids is 2. The molecule has 2 amide bonds. The first kappa shape index (κ1) is 29.1. The van der Waals surface area contributed by atoms with Crippen molar-refractivity contribution in [2.75, 3.05) is 24.3 Å². The Bertz CT molecular complexity index is 1580. The van der Waals surface area contributed by atoms with Crippen LogP contribution in [0.1, 0.15) is 39.2 Å². The van der Waals surface area contributed by atoms with Crippen LogP contribution in [0.4, 0.5) is 24.7 Å². The molecule has 0 unspecified atom stereocenters. The molecule has 4 aromatic rings. The van der Waals surface area contributed by atoms with Crippen molar-refractivity contribution in [1.29, 1.82) is 0 Å². The fourth-order valence-corrected chi connectivity index (χ4v) is 3.85. The van der Waals surface area contributed by atoms with Gasteiger partial charge in [0.25, 0.3) is 11.8 Å². The number of aliphatic hydroxyl groups is 1. The molecule has 1 atom stereocenters. The molecule has 0 saturated carbocycles. The van der Waals surface area contributed by atoms with Gasteiger partial charge in [-0.3, -0.25) is 14.6 Å². The first-order chi connectivity index (χ1) is 19.5. The van der Waals surface area contributed by atoms with E-state index in [0.717, 1.165) is 23.5 Å². The molecule has 3 aromatic heterocycles. The van der Waals surface area contributed by atoms with Gasteiger partial charge in [-0.2, -0.15) is 13.2 Å². The number of anilines is 2. The van der Waals surface area contributed by atoms with Gasteiger partial charge < -0.3 is 21.1 Å². The molecule has 212 valence electrons. The number of carbonyl (C=O) groups is 2. The summed E-state index contributed by atoms with van der Waals surface area (Å²) >= 11 is 0. The number of benzene rings is 1. The number of nitrogens with one attached hydrogen (secondary N) is 3. The van der Waals surface area contributed by atoms with Gasteiger partial charge in [-0.05, 0) is 66.9 Å². The molecule has 0 aliphatic heterocycles. The second-order valence-electron chi connectivity index (χ2n) is 9.14. The lowest BCUT2D eigenvalue weighted by atomic mass is 9.98. The van der Waals surface area contributed by atoms with E-state index in [1.807, 2.05) is 13.0 Å². The number of hydrogen-bond donors (Lipinski definition) is 4. The lowest BCUT2D eigenvalue weighted by molar-refractivity contribution is -0.145. The SMILES string of the molecule is CNC(=O)c1cc(-c2cc(-c3cc(NC(=O)c4cnc(C(F)(F)F)nc4)ccc3C)cc(N[C@H](C)CO)n2)ccn1. The van der Waals surface area contributed by atoms with Crippen molar-refractivity contribution < 1.29 is 27.9 Å². The average molecular weight is 566 g/mol. The molecule has 41 heavy (non-hydrogen) atoms. The molecule has 4 rings (SSSR count). The van der Waals surface area contributed by atoms with Gasteiger partial charge in [0.15, 0.2) is 0 Å². The standard InChI is InChI=1S/C28H26F3N7O3/c1-15-4-5-20(37-25(40)19-12-34-27(35-13-19)28(29,30)31)11-21(15)18-9-22(38-24(10-18)36-16(2)14-39)17-6-7-33-23(8-17)26(41)32-3/h4-13,16,39H,14H2,1-3H3,(H,32,41)(H,36,38)(H,37,40)/t16-/m1/s1. The number of amides is 2. The molecular weight excluding hydrogens is 539 g/mol. The van der Waals surface area contributed by atoms with Crippen molar-refractivity contribution in [2.45, 2.75) is 26.1 Å². The molecule has 0 saturated heterocycles. The Morgan fingerprint density at radius 2 is 1.71 bits per heavy atom. The minimum absolute atomic E-state index is 0.133. The van der Waals surface area contributed by atoms with Crippen LogP contribution in [0.2, 0.25) is 0 Å². The third-order valence-electron chi connectivity index (χ3n) is 5.98. The van der Waals surface area contributed by atoms with Gasteiger partial charge in [-0.25, -0.2) is 15.0 Å². The first-order valence-electron chi connectivity index (χ1n) is 12.4. The number of alkyl halides is 3. The van der Waals surface area contributed by atoms with E-state index < -0.39 is 17.9 Å². The van der Waals surface area contributed by atoms with Gasteiger partial charge in [0.05, 0.1) is 17.9 Å². The van der Waals surface area contributed by atoms with Crippen LogP contribution in [-0.2, 0) is 6.18 Å². The van der Waals surface area contributed by atoms with Crippen LogP contribution in [-0.4, -0.2) is 56.6 Å². The molecule has 1 aromatic carbocycles. The minimum Gasteiger partial charge on any atom is -0.394 e. The minimum atomic E-state index is -4.72. The van der Waals surface area contributed by atoms with Crippen LogP contribution in [0, 0.1) is 6.92 Å². The summed E-state index contributed by atoms with van der Waals surface area (Å²) in [6.45, 7) is 3.53. The number of aliphatic hydroxyl groups excluding tert-OH is 1. The quantitative estimate of drug-likeness (QED) is 0.247. The van der Waals surface area contributed by atoms with Gasteiger partial charge in [0, 0.05) is 42.9 Å². The van der Waals surface area contributed by atoms with Crippen molar-refractivity contribution in [2.24, 2.45) is 0 Å². The summed E-state index contributed by atoms with van der Waals surface area (Å²) in [6.07, 6.45) is -1.58. The number of aryl methyl sites for hydroxylation is 1. The van der Waals surface area contributed by atoms with E-state index >= 15 is 0 Å². The molecule has 3 heterocycles. The topological polar surface area (TPSA) is 142 Å². The summed E-state index contributed by atoms with van der Waals surface area (Å²) < 4.78 is 38.3. The molecule has 0 aliphatic rings. The Morgan fingerprint density at radius 3 is 2.37 bits per heavy atom. The number of pyridine rings is 2. The van der Waals surface area contributed by atoms with Crippen molar-refractivity contribution in [1.82, 2.24) is 25.3 Å². The molecule has 0 aliphatic carbocycles. The molecule has 0 fully saturated rings. The van der Waals surface area contributed by atoms with Gasteiger partial charge >= 0.3 is 6.18 Å². The Labute approximate surface area is 233 Å². The highest BCUT2D eigenvalue weighted by Crippen LogP contribution is 2.32. The van der Waals surface area contributed by atoms with Crippen molar-refractivity contribution >= 4 is 23.3 Å². The van der Waals surface area contributed by atoms with Crippen LogP contribution in [0.5, 0.6) is 0 Å². The van der Waals surface area contributed by atoms with E-state index in [-0.39, 0.29) is 29.8 Å². The highest BCUT2D eigenvalue weighted by Gasteiger charge is 2.34. The summed E-state index contributed by atoms with van der Waals surface area (Å²) in [7, 11) is 1.51. The zero-order valence-corrected chi connectivity index (χ0v) is 22.2. The third-order valence-corrected chi connectivity index (χ3v) is 5.98. The summed E-state index contributed by atoms with van der Waals surface area (Å²) in [5.74, 6) is -1.90. The molecule has 4 N–H and O–H groups in total. The van der Waals surface area contributed by atoms with Gasteiger partial charge in [0.1, 0.15) is 11.5 Å². The van der Waals surface area contributed by atoms with Crippen molar-refractivity contribution in [3.05, 3.63) is 83.7 Å². The molecule has 10 nitrogen and oxygen atoms in total. The summed E-state index contributed by atoms with van der Waals surface area (Å²) in [5.41, 5.74) is 3.92. The van der Waals surface area contributed by atoms with E-state index in [1.54, 1.807) is 43.3 Å². The van der Waals surface area contributed by atoms with Crippen LogP contribution in [0.25, 0.3) is 22.4 Å². The lowest BCUT2D eigenvalue weighted by Crippen LogP contribution is -2.20. The van der Waals surface area contributed by atoms with E-state index in [4.69, 9.17) is 0 Å². The Kier molecular flexibility index (Phi) is 8.57. The second-order valence-corrected chi connectivity index (χ2v) is 9.14. The van der Waals surface area contributed by atoms with Crippen LogP contribution in [0.15, 0.2) is 61.1 Å². The Morgan fingerprint density at radius 1 is 0.976 bits per heavy atom. The van der Waals surface area contributed by atoms with E-state index in [1.165, 1.54) is 13.2 Å². The Hall–Kier alpha value is -4.91. The van der Waals surface area contributed by atoms with Gasteiger partial charge in [-0.1, -0.05) is 6.07 Å². The highest BCUT2D eigenvalue weighted by molar-refractivity contribution is 6.04. The second kappa shape index (κ2) is 12.1. The molecule has 0 radical (unpaired) electrons. The number of nitrogens with zero attached hydrogens (tertiary/aromatic N) is 4. The third kappa shape index (κ3) is 7.00. The van der Waals surface area contributed by atoms with Gasteiger partial charge in [0.2, 0.25) is 5.82 Å². The van der Waals surface area contributed by atoms with Crippen LogP contribution >= 0.6 is 0 Å². The molecule has 0 bridgehead atoms. The largest absolute Gasteiger partial charge is 0.451 e. The molecular formula is C28H26F3N7O3. The average Bonchev–Trinajstić information content (AvgIpc) is 2.97. The summed E-state index contributed by atoms with van der Waals surface area (Å²) in [4.78, 5) is 40.1. The maximum absolute atomic E-state index is 12.8. The zero-order valence-electron chi connectivity index (χ0n) is 22.2. The smallest absolute Gasteiger partial charge is 0.394 e. The van der Waals surface area contributed by atoms with Crippen molar-refractivity contribution in [3.8, 4) is 22.4 Å². The van der Waals surface area contributed by atoms with Crippen LogP contribution in [0.3, 0.4) is 0 Å². The van der Waals surface area contributed by atoms with E-state index in [2.05, 4.69) is 35.9 Å². The Balaban J connectivity index is 1.71. The fraction of sp³-hybridized carbons (Fsp3) is 0.214. The molecule has 13 heteroatoms. The fourth-order valence-electron chi connectivity index (χ4n) is 3.85. The zero-order chi connectivity index (χ0) is 29.7. The number of hydrogen-bond acceptors (Lipinski definition) is 8. The monoisotopic (exact) mass is 565 g/mol. The number of halogens is 3. The van der Waals surface area contributed by atoms with Crippen molar-refractivity contribution in [3.63, 3.8) is 0 Å². The number of rotatable bonds is 8. The van der Waals surface area contributed by atoms with E-state index in [0.29, 0.717) is 28.3 Å². The predicted molar refractivity (Wildman–Crippen MR) is 146 cm³/mol. The van der Waals surface area contributed by atoms with Gasteiger partial charge in [-0.15, -0.1) is 0 Å². The summed E-state index contributed by atoms with van der Waals surface area (Å²) in [6, 6.07) is 11.8.